The molecule has 178 valence electrons. The normalized spacial score (nSPS) is 10.5. The molecule has 1 aromatic carbocycles. The molecule has 0 spiro atoms. The number of alkyl halides is 3. The van der Waals surface area contributed by atoms with Gasteiger partial charge in [0.05, 0.1) is 0 Å². The molecule has 0 fully saturated rings. The Kier molecular flexibility index (Phi) is 8.06. The zero-order chi connectivity index (χ0) is 25.3. The van der Waals surface area contributed by atoms with Crippen molar-refractivity contribution < 1.29 is 27.5 Å². The SMILES string of the molecule is C=CC(=O)Nc1cccccnc(Oc2ccc(C(=O)Nc3nccc(C(F)(F)F)n3)cc2)cc1. The molecule has 0 bridgehead atoms. The van der Waals surface area contributed by atoms with Crippen LogP contribution in [0.1, 0.15) is 16.1 Å². The number of halogens is 3. The van der Waals surface area contributed by atoms with Gasteiger partial charge < -0.3 is 10.1 Å². The number of hydrogen-bond donors (Lipinski definition) is 2. The minimum Gasteiger partial charge on any atom is -0.439 e. The quantitative estimate of drug-likeness (QED) is 0.470. The number of hydrogen-bond acceptors (Lipinski definition) is 6. The van der Waals surface area contributed by atoms with E-state index in [1.807, 2.05) is 0 Å². The van der Waals surface area contributed by atoms with Gasteiger partial charge in [0.25, 0.3) is 5.91 Å². The van der Waals surface area contributed by atoms with Crippen molar-refractivity contribution in [2.45, 2.75) is 6.18 Å². The van der Waals surface area contributed by atoms with E-state index in [-0.39, 0.29) is 17.4 Å². The zero-order valence-electron chi connectivity index (χ0n) is 18.0. The lowest BCUT2D eigenvalue weighted by molar-refractivity contribution is -0.141. The molecule has 3 rings (SSSR count). The number of amides is 2. The van der Waals surface area contributed by atoms with Crippen LogP contribution < -0.4 is 15.4 Å². The lowest BCUT2D eigenvalue weighted by atomic mass is 10.2. The van der Waals surface area contributed by atoms with Crippen molar-refractivity contribution in [2.75, 3.05) is 10.6 Å². The first-order valence-corrected chi connectivity index (χ1v) is 9.97. The van der Waals surface area contributed by atoms with Crippen molar-refractivity contribution in [1.29, 1.82) is 0 Å². The second kappa shape index (κ2) is 11.4. The van der Waals surface area contributed by atoms with Gasteiger partial charge >= 0.3 is 6.18 Å². The summed E-state index contributed by atoms with van der Waals surface area (Å²) >= 11 is 0. The molecule has 0 radical (unpaired) electrons. The van der Waals surface area contributed by atoms with Gasteiger partial charge in [-0.05, 0) is 54.6 Å². The van der Waals surface area contributed by atoms with Crippen molar-refractivity contribution in [1.82, 2.24) is 15.0 Å². The second-order valence-corrected chi connectivity index (χ2v) is 6.69. The summed E-state index contributed by atoms with van der Waals surface area (Å²) in [6.45, 7) is 3.41. The number of anilines is 2. The molecular weight excluding hydrogens is 463 g/mol. The number of benzene rings is 1. The minimum absolute atomic E-state index is 0.143. The van der Waals surface area contributed by atoms with Gasteiger partial charge in [0, 0.05) is 29.7 Å². The van der Waals surface area contributed by atoms with Gasteiger partial charge in [0.2, 0.25) is 17.7 Å². The highest BCUT2D eigenvalue weighted by atomic mass is 19.4. The molecule has 2 aromatic heterocycles. The van der Waals surface area contributed by atoms with Crippen LogP contribution in [-0.4, -0.2) is 26.8 Å². The Morgan fingerprint density at radius 1 is 0.886 bits per heavy atom. The Morgan fingerprint density at radius 2 is 1.66 bits per heavy atom. The zero-order valence-corrected chi connectivity index (χ0v) is 18.0. The molecule has 11 heteroatoms. The van der Waals surface area contributed by atoms with Crippen molar-refractivity contribution in [3.05, 3.63) is 103 Å². The first kappa shape index (κ1) is 24.8. The Hall–Kier alpha value is -4.80. The number of carbonyl (C=O) groups excluding carboxylic acids is 2. The predicted octanol–water partition coefficient (Wildman–Crippen LogP) is 5.18. The van der Waals surface area contributed by atoms with E-state index in [1.54, 1.807) is 30.3 Å². The molecule has 0 saturated heterocycles. The summed E-state index contributed by atoms with van der Waals surface area (Å²) in [7, 11) is 0. The van der Waals surface area contributed by atoms with E-state index in [2.05, 4.69) is 32.2 Å². The van der Waals surface area contributed by atoms with Crippen molar-refractivity contribution >= 4 is 23.5 Å². The van der Waals surface area contributed by atoms with E-state index in [9.17, 15) is 22.8 Å². The Morgan fingerprint density at radius 3 is 2.37 bits per heavy atom. The molecule has 35 heavy (non-hydrogen) atoms. The van der Waals surface area contributed by atoms with Gasteiger partial charge in [0.1, 0.15) is 11.4 Å². The maximum absolute atomic E-state index is 12.8. The largest absolute Gasteiger partial charge is 0.439 e. The van der Waals surface area contributed by atoms with Gasteiger partial charge in [-0.25, -0.2) is 15.0 Å². The van der Waals surface area contributed by atoms with E-state index in [1.165, 1.54) is 36.5 Å². The van der Waals surface area contributed by atoms with Crippen LogP contribution in [0.4, 0.5) is 24.8 Å². The van der Waals surface area contributed by atoms with Crippen LogP contribution in [0.2, 0.25) is 0 Å². The topological polar surface area (TPSA) is 106 Å². The fourth-order valence-electron chi connectivity index (χ4n) is 2.53. The van der Waals surface area contributed by atoms with Crippen molar-refractivity contribution in [2.24, 2.45) is 0 Å². The van der Waals surface area contributed by atoms with E-state index in [4.69, 9.17) is 4.74 Å². The number of aromatic nitrogens is 3. The van der Waals surface area contributed by atoms with E-state index in [0.29, 0.717) is 17.5 Å². The molecule has 0 aliphatic rings. The third-order valence-electron chi connectivity index (χ3n) is 4.15. The van der Waals surface area contributed by atoms with Crippen LogP contribution in [0.25, 0.3) is 0 Å². The molecule has 0 unspecified atom stereocenters. The molecule has 0 aliphatic carbocycles. The summed E-state index contributed by atoms with van der Waals surface area (Å²) in [4.78, 5) is 35.1. The van der Waals surface area contributed by atoms with Crippen LogP contribution in [0.5, 0.6) is 11.6 Å². The van der Waals surface area contributed by atoms with Crippen molar-refractivity contribution in [3.8, 4) is 11.6 Å². The summed E-state index contributed by atoms with van der Waals surface area (Å²) in [6.07, 6.45) is -1.11. The molecule has 2 heterocycles. The lowest BCUT2D eigenvalue weighted by Crippen LogP contribution is -2.16. The molecule has 2 N–H and O–H groups in total. The fourth-order valence-corrected chi connectivity index (χ4v) is 2.53. The molecule has 0 atom stereocenters. The standard InChI is InChI=1S/C24H18F3N5O3/c1-2-20(33)30-17-6-4-3-5-14-28-21(12-9-17)35-18-10-7-16(8-11-18)22(34)32-23-29-15-13-19(31-23)24(25,26)27/h2-15H,1H2,(H,30,33)(H,29,31,32,34). The lowest BCUT2D eigenvalue weighted by Gasteiger charge is -2.08. The van der Waals surface area contributed by atoms with E-state index < -0.39 is 23.7 Å². The van der Waals surface area contributed by atoms with Crippen LogP contribution in [0.3, 0.4) is 0 Å². The van der Waals surface area contributed by atoms with E-state index >= 15 is 0 Å². The van der Waals surface area contributed by atoms with Gasteiger partial charge in [-0.2, -0.15) is 13.2 Å². The third kappa shape index (κ3) is 7.63. The van der Waals surface area contributed by atoms with Crippen molar-refractivity contribution in [3.63, 3.8) is 0 Å². The molecule has 0 aliphatic heterocycles. The smallest absolute Gasteiger partial charge is 0.433 e. The van der Waals surface area contributed by atoms with Gasteiger partial charge in [-0.15, -0.1) is 0 Å². The Bertz CT molecular complexity index is 1280. The predicted molar refractivity (Wildman–Crippen MR) is 122 cm³/mol. The number of nitrogens with one attached hydrogen (secondary N) is 2. The highest BCUT2D eigenvalue weighted by Crippen LogP contribution is 2.27. The average Bonchev–Trinajstić information content (AvgIpc) is 2.84. The first-order chi connectivity index (χ1) is 16.7. The average molecular weight is 481 g/mol. The summed E-state index contributed by atoms with van der Waals surface area (Å²) < 4.78 is 44.1. The summed E-state index contributed by atoms with van der Waals surface area (Å²) in [5, 5.41) is 4.86. The molecule has 3 aromatic rings. The number of nitrogens with zero attached hydrogens (tertiary/aromatic N) is 3. The highest BCUT2D eigenvalue weighted by molar-refractivity contribution is 6.03. The first-order valence-electron chi connectivity index (χ1n) is 9.97. The Labute approximate surface area is 197 Å². The number of rotatable bonds is 6. The Balaban J connectivity index is 1.74. The molecular formula is C24H18F3N5O3. The third-order valence-corrected chi connectivity index (χ3v) is 4.15. The van der Waals surface area contributed by atoms with Crippen LogP contribution >= 0.6 is 0 Å². The van der Waals surface area contributed by atoms with Gasteiger partial charge in [-0.1, -0.05) is 18.7 Å². The summed E-state index contributed by atoms with van der Waals surface area (Å²) in [5.41, 5.74) is -0.552. The summed E-state index contributed by atoms with van der Waals surface area (Å²) in [6, 6.07) is 16.4. The van der Waals surface area contributed by atoms with Crippen LogP contribution in [-0.2, 0) is 11.0 Å². The highest BCUT2D eigenvalue weighted by Gasteiger charge is 2.32. The monoisotopic (exact) mass is 481 g/mol. The fraction of sp³-hybridized carbons (Fsp3) is 0.0417. The number of carbonyl (C=O) groups is 2. The van der Waals surface area contributed by atoms with Crippen LogP contribution in [0, 0.1) is 0 Å². The summed E-state index contributed by atoms with van der Waals surface area (Å²) in [5.74, 6) is -1.04. The second-order valence-electron chi connectivity index (χ2n) is 6.69. The van der Waals surface area contributed by atoms with Crippen LogP contribution in [0.15, 0.2) is 91.8 Å². The maximum Gasteiger partial charge on any atom is 0.433 e. The molecule has 8 nitrogen and oxygen atoms in total. The maximum atomic E-state index is 12.8. The molecule has 0 saturated carbocycles. The minimum atomic E-state index is -4.66. The number of ether oxygens (including phenoxy) is 1. The van der Waals surface area contributed by atoms with Gasteiger partial charge in [0.15, 0.2) is 0 Å². The van der Waals surface area contributed by atoms with Gasteiger partial charge in [-0.3, -0.25) is 14.9 Å². The molecule has 2 amide bonds. The van der Waals surface area contributed by atoms with E-state index in [0.717, 1.165) is 12.3 Å².